The maximum Gasteiger partial charge on any atom is 0.357 e. The third-order valence-corrected chi connectivity index (χ3v) is 5.14. The number of methoxy groups -OCH3 is 1. The van der Waals surface area contributed by atoms with Crippen LogP contribution in [-0.4, -0.2) is 18.1 Å². The topological polar surface area (TPSA) is 39.2 Å². The van der Waals surface area contributed by atoms with E-state index in [1.54, 1.807) is 11.3 Å². The molecule has 0 amide bonds. The highest BCUT2D eigenvalue weighted by molar-refractivity contribution is 7.10. The highest BCUT2D eigenvalue weighted by Crippen LogP contribution is 2.47. The quantitative estimate of drug-likeness (QED) is 0.806. The molecule has 1 aromatic heterocycles. The number of aromatic nitrogens is 1. The van der Waals surface area contributed by atoms with Crippen molar-refractivity contribution < 1.29 is 9.53 Å². The number of hydrogen-bond donors (Lipinski definition) is 0. The van der Waals surface area contributed by atoms with Crippen molar-refractivity contribution in [3.8, 4) is 0 Å². The lowest BCUT2D eigenvalue weighted by Crippen LogP contribution is -2.23. The number of thiazole rings is 1. The van der Waals surface area contributed by atoms with Gasteiger partial charge in [0.15, 0.2) is 5.69 Å². The van der Waals surface area contributed by atoms with Gasteiger partial charge in [-0.1, -0.05) is 43.2 Å². The van der Waals surface area contributed by atoms with Crippen molar-refractivity contribution in [3.63, 3.8) is 0 Å². The molecule has 1 fully saturated rings. The molecular formula is C16H17NO2S. The summed E-state index contributed by atoms with van der Waals surface area (Å²) in [6.45, 7) is 0. The predicted octanol–water partition coefficient (Wildman–Crippen LogP) is 3.79. The van der Waals surface area contributed by atoms with Gasteiger partial charge >= 0.3 is 5.97 Å². The number of nitrogens with zero attached hydrogens (tertiary/aromatic N) is 1. The van der Waals surface area contributed by atoms with Crippen molar-refractivity contribution in [1.82, 2.24) is 4.98 Å². The fourth-order valence-corrected chi connectivity index (χ4v) is 4.12. The van der Waals surface area contributed by atoms with Crippen LogP contribution in [0.25, 0.3) is 0 Å². The first-order chi connectivity index (χ1) is 9.76. The lowest BCUT2D eigenvalue weighted by Gasteiger charge is -2.27. The summed E-state index contributed by atoms with van der Waals surface area (Å²) < 4.78 is 4.76. The molecule has 0 atom stereocenters. The van der Waals surface area contributed by atoms with Crippen molar-refractivity contribution in [2.75, 3.05) is 7.11 Å². The number of esters is 1. The molecule has 1 heterocycles. The number of benzene rings is 1. The van der Waals surface area contributed by atoms with Crippen LogP contribution in [0.1, 0.15) is 46.7 Å². The van der Waals surface area contributed by atoms with Crippen molar-refractivity contribution in [3.05, 3.63) is 52.0 Å². The maximum atomic E-state index is 11.6. The monoisotopic (exact) mass is 287 g/mol. The second-order valence-corrected chi connectivity index (χ2v) is 6.04. The van der Waals surface area contributed by atoms with Gasteiger partial charge in [0.1, 0.15) is 5.01 Å². The van der Waals surface area contributed by atoms with Crippen LogP contribution >= 0.6 is 11.3 Å². The molecule has 20 heavy (non-hydrogen) atoms. The van der Waals surface area contributed by atoms with Gasteiger partial charge in [0.2, 0.25) is 0 Å². The fourth-order valence-electron chi connectivity index (χ4n) is 3.05. The van der Waals surface area contributed by atoms with E-state index in [-0.39, 0.29) is 11.4 Å². The smallest absolute Gasteiger partial charge is 0.357 e. The first-order valence-electron chi connectivity index (χ1n) is 6.86. The van der Waals surface area contributed by atoms with Crippen molar-refractivity contribution in [1.29, 1.82) is 0 Å². The van der Waals surface area contributed by atoms with E-state index in [2.05, 4.69) is 29.2 Å². The minimum atomic E-state index is -0.353. The van der Waals surface area contributed by atoms with Gasteiger partial charge in [-0.2, -0.15) is 0 Å². The zero-order valence-corrected chi connectivity index (χ0v) is 12.3. The summed E-state index contributed by atoms with van der Waals surface area (Å²) in [6.07, 6.45) is 4.63. The average molecular weight is 287 g/mol. The number of carbonyl (C=O) groups is 1. The van der Waals surface area contributed by atoms with Crippen molar-refractivity contribution >= 4 is 17.3 Å². The number of carbonyl (C=O) groups excluding carboxylic acids is 1. The minimum Gasteiger partial charge on any atom is -0.464 e. The number of hydrogen-bond acceptors (Lipinski definition) is 4. The molecule has 1 aromatic carbocycles. The van der Waals surface area contributed by atoms with E-state index in [0.717, 1.165) is 17.8 Å². The van der Waals surface area contributed by atoms with Gasteiger partial charge in [0.05, 0.1) is 7.11 Å². The second kappa shape index (κ2) is 5.37. The third kappa shape index (κ3) is 2.14. The summed E-state index contributed by atoms with van der Waals surface area (Å²) in [4.78, 5) is 16.2. The Bertz CT molecular complexity index is 600. The zero-order chi connectivity index (χ0) is 14.0. The molecule has 0 bridgehead atoms. The van der Waals surface area contributed by atoms with Gasteiger partial charge in [-0.05, 0) is 18.4 Å². The molecule has 3 rings (SSSR count). The molecule has 104 valence electrons. The summed E-state index contributed by atoms with van der Waals surface area (Å²) >= 11 is 1.57. The molecule has 1 aliphatic carbocycles. The molecule has 0 N–H and O–H groups in total. The summed E-state index contributed by atoms with van der Waals surface area (Å²) in [5.41, 5.74) is 1.72. The fraction of sp³-hybridized carbons (Fsp3) is 0.375. The van der Waals surface area contributed by atoms with E-state index >= 15 is 0 Å². The van der Waals surface area contributed by atoms with Crippen LogP contribution in [0, 0.1) is 0 Å². The Labute approximate surface area is 122 Å². The Morgan fingerprint density at radius 2 is 1.95 bits per heavy atom. The highest BCUT2D eigenvalue weighted by Gasteiger charge is 2.40. The lowest BCUT2D eigenvalue weighted by molar-refractivity contribution is 0.0594. The van der Waals surface area contributed by atoms with E-state index in [9.17, 15) is 4.79 Å². The highest BCUT2D eigenvalue weighted by atomic mass is 32.1. The van der Waals surface area contributed by atoms with E-state index in [4.69, 9.17) is 4.74 Å². The second-order valence-electron chi connectivity index (χ2n) is 5.18. The van der Waals surface area contributed by atoms with Crippen LogP contribution in [0.4, 0.5) is 0 Å². The van der Waals surface area contributed by atoms with Crippen molar-refractivity contribution in [2.24, 2.45) is 0 Å². The molecule has 0 radical (unpaired) electrons. The molecule has 0 aliphatic heterocycles. The van der Waals surface area contributed by atoms with Crippen LogP contribution in [0.3, 0.4) is 0 Å². The molecule has 3 nitrogen and oxygen atoms in total. The summed E-state index contributed by atoms with van der Waals surface area (Å²) in [6, 6.07) is 10.5. The first-order valence-corrected chi connectivity index (χ1v) is 7.74. The van der Waals surface area contributed by atoms with Crippen LogP contribution < -0.4 is 0 Å². The Kier molecular flexibility index (Phi) is 3.57. The Hall–Kier alpha value is -1.68. The van der Waals surface area contributed by atoms with Gasteiger partial charge in [0.25, 0.3) is 0 Å². The van der Waals surface area contributed by atoms with Gasteiger partial charge < -0.3 is 4.74 Å². The number of ether oxygens (including phenoxy) is 1. The summed E-state index contributed by atoms with van der Waals surface area (Å²) in [5.74, 6) is -0.353. The third-order valence-electron chi connectivity index (χ3n) is 4.09. The Morgan fingerprint density at radius 3 is 2.60 bits per heavy atom. The molecule has 0 spiro atoms. The van der Waals surface area contributed by atoms with Crippen LogP contribution in [0.5, 0.6) is 0 Å². The Morgan fingerprint density at radius 1 is 1.25 bits per heavy atom. The largest absolute Gasteiger partial charge is 0.464 e. The molecule has 0 saturated heterocycles. The van der Waals surface area contributed by atoms with E-state index in [1.165, 1.54) is 25.5 Å². The molecule has 0 unspecified atom stereocenters. The Balaban J connectivity index is 2.03. The van der Waals surface area contributed by atoms with Crippen LogP contribution in [0.15, 0.2) is 35.7 Å². The van der Waals surface area contributed by atoms with Crippen LogP contribution in [-0.2, 0) is 10.2 Å². The predicted molar refractivity (Wildman–Crippen MR) is 79.1 cm³/mol. The molecule has 4 heteroatoms. The molecule has 1 aliphatic rings. The number of rotatable bonds is 3. The SMILES string of the molecule is COC(=O)c1csc(C2(c3ccccc3)CCCC2)n1. The van der Waals surface area contributed by atoms with E-state index in [1.807, 2.05) is 11.4 Å². The minimum absolute atomic E-state index is 0.0157. The molecular weight excluding hydrogens is 270 g/mol. The maximum absolute atomic E-state index is 11.6. The molecule has 2 aromatic rings. The van der Waals surface area contributed by atoms with Gasteiger partial charge in [-0.15, -0.1) is 11.3 Å². The van der Waals surface area contributed by atoms with Crippen LogP contribution in [0.2, 0.25) is 0 Å². The average Bonchev–Trinajstić information content (AvgIpc) is 3.17. The van der Waals surface area contributed by atoms with E-state index in [0.29, 0.717) is 5.69 Å². The first kappa shape index (κ1) is 13.3. The summed E-state index contributed by atoms with van der Waals surface area (Å²) in [7, 11) is 1.39. The molecule has 1 saturated carbocycles. The lowest BCUT2D eigenvalue weighted by atomic mass is 9.79. The van der Waals surface area contributed by atoms with Crippen molar-refractivity contribution in [2.45, 2.75) is 31.1 Å². The van der Waals surface area contributed by atoms with Gasteiger partial charge in [0, 0.05) is 10.8 Å². The normalized spacial score (nSPS) is 17.1. The van der Waals surface area contributed by atoms with Gasteiger partial charge in [-0.25, -0.2) is 9.78 Å². The standard InChI is InChI=1S/C16H17NO2S/c1-19-14(18)13-11-20-15(17-13)16(9-5-6-10-16)12-7-3-2-4-8-12/h2-4,7-8,11H,5-6,9-10H2,1H3. The zero-order valence-electron chi connectivity index (χ0n) is 11.5. The summed E-state index contributed by atoms with van der Waals surface area (Å²) in [5, 5.41) is 2.85. The van der Waals surface area contributed by atoms with E-state index < -0.39 is 0 Å². The van der Waals surface area contributed by atoms with Gasteiger partial charge in [-0.3, -0.25) is 0 Å².